The first-order chi connectivity index (χ1) is 14.9. The largest absolute Gasteiger partial charge is 0.387 e. The van der Waals surface area contributed by atoms with Crippen molar-refractivity contribution in [3.63, 3.8) is 0 Å². The van der Waals surface area contributed by atoms with Gasteiger partial charge in [-0.3, -0.25) is 4.57 Å². The van der Waals surface area contributed by atoms with Gasteiger partial charge in [0.25, 0.3) is 0 Å². The number of ether oxygens (including phenoxy) is 1. The topological polar surface area (TPSA) is 197 Å². The van der Waals surface area contributed by atoms with Crippen LogP contribution in [0, 0.1) is 0 Å². The summed E-state index contributed by atoms with van der Waals surface area (Å²) in [5, 5.41) is 28.7. The Morgan fingerprint density at radius 2 is 1.91 bits per heavy atom. The number of hydrogen-bond donors (Lipinski definition) is 5. The molecule has 178 valence electrons. The van der Waals surface area contributed by atoms with Gasteiger partial charge >= 0.3 is 7.60 Å². The molecule has 4 rings (SSSR count). The van der Waals surface area contributed by atoms with Gasteiger partial charge in [-0.25, -0.2) is 13.1 Å². The zero-order valence-corrected chi connectivity index (χ0v) is 19.1. The number of fused-ring (bicyclic) bond motifs is 1. The predicted octanol–water partition coefficient (Wildman–Crippen LogP) is 0.00340. The van der Waals surface area contributed by atoms with E-state index in [-0.39, 0.29) is 17.0 Å². The van der Waals surface area contributed by atoms with Crippen molar-refractivity contribution >= 4 is 45.9 Å². The normalized spacial score (nSPS) is 27.4. The van der Waals surface area contributed by atoms with Crippen LogP contribution in [0.15, 0.2) is 6.20 Å². The molecule has 2 aromatic rings. The van der Waals surface area contributed by atoms with Crippen LogP contribution in [0.2, 0.25) is 5.28 Å². The minimum absolute atomic E-state index is 0.0754. The van der Waals surface area contributed by atoms with Crippen LogP contribution in [0.1, 0.15) is 31.9 Å². The highest BCUT2D eigenvalue weighted by molar-refractivity contribution is 7.97. The second kappa shape index (κ2) is 8.76. The van der Waals surface area contributed by atoms with Gasteiger partial charge in [-0.05, 0) is 24.4 Å². The van der Waals surface area contributed by atoms with Crippen LogP contribution in [-0.2, 0) is 19.1 Å². The lowest BCUT2D eigenvalue weighted by molar-refractivity contribution is -0.0364. The van der Waals surface area contributed by atoms with Crippen molar-refractivity contribution in [3.8, 4) is 0 Å². The molecule has 0 amide bonds. The third-order valence-corrected chi connectivity index (χ3v) is 9.41. The molecule has 0 aromatic carbocycles. The summed E-state index contributed by atoms with van der Waals surface area (Å²) in [6.45, 7) is 0. The Morgan fingerprint density at radius 3 is 2.56 bits per heavy atom. The highest BCUT2D eigenvalue weighted by Crippen LogP contribution is 2.38. The van der Waals surface area contributed by atoms with Gasteiger partial charge in [-0.1, -0.05) is 12.8 Å². The Balaban J connectivity index is 1.60. The van der Waals surface area contributed by atoms with Gasteiger partial charge in [0.2, 0.25) is 5.28 Å². The fourth-order valence-electron chi connectivity index (χ4n) is 4.09. The van der Waals surface area contributed by atoms with Gasteiger partial charge in [-0.2, -0.15) is 15.1 Å². The van der Waals surface area contributed by atoms with E-state index in [1.165, 1.54) is 10.9 Å². The van der Waals surface area contributed by atoms with Crippen LogP contribution in [-0.4, -0.2) is 83.8 Å². The van der Waals surface area contributed by atoms with Crippen molar-refractivity contribution in [2.24, 2.45) is 0 Å². The molecule has 0 bridgehead atoms. The molecule has 2 fully saturated rings. The number of hydrogen-bond acceptors (Lipinski definition) is 10. The predicted molar refractivity (Wildman–Crippen MR) is 113 cm³/mol. The number of sulfone groups is 1. The van der Waals surface area contributed by atoms with Crippen molar-refractivity contribution in [1.29, 1.82) is 0 Å². The molecule has 1 saturated carbocycles. The third-order valence-electron chi connectivity index (χ3n) is 5.48. The van der Waals surface area contributed by atoms with Crippen LogP contribution in [0.5, 0.6) is 0 Å². The van der Waals surface area contributed by atoms with E-state index in [1.807, 2.05) is 0 Å². The minimum Gasteiger partial charge on any atom is -0.387 e. The van der Waals surface area contributed by atoms with Crippen molar-refractivity contribution in [2.75, 3.05) is 16.6 Å². The van der Waals surface area contributed by atoms with E-state index in [2.05, 4.69) is 20.4 Å². The van der Waals surface area contributed by atoms with Crippen LogP contribution in [0.4, 0.5) is 5.82 Å². The van der Waals surface area contributed by atoms with Gasteiger partial charge in [0.15, 0.2) is 27.2 Å². The van der Waals surface area contributed by atoms with E-state index in [1.54, 1.807) is 0 Å². The van der Waals surface area contributed by atoms with E-state index in [0.29, 0.717) is 11.2 Å². The van der Waals surface area contributed by atoms with Gasteiger partial charge in [0.1, 0.15) is 24.1 Å². The average Bonchev–Trinajstić information content (AvgIpc) is 3.36. The molecule has 2 aromatic heterocycles. The Labute approximate surface area is 187 Å². The first kappa shape index (κ1) is 23.8. The summed E-state index contributed by atoms with van der Waals surface area (Å²) >= 11 is 6.08. The minimum atomic E-state index is -4.84. The van der Waals surface area contributed by atoms with Crippen LogP contribution in [0.25, 0.3) is 11.0 Å². The van der Waals surface area contributed by atoms with Gasteiger partial charge in [-0.15, -0.1) is 0 Å². The summed E-state index contributed by atoms with van der Waals surface area (Å²) in [7, 11) is -9.13. The summed E-state index contributed by atoms with van der Waals surface area (Å²) in [6.07, 6.45) is -0.327. The monoisotopic (exact) mass is 511 g/mol. The second-order valence-electron chi connectivity index (χ2n) is 8.04. The Kier molecular flexibility index (Phi) is 6.51. The lowest BCUT2D eigenvalue weighted by atomic mass is 10.1. The second-order valence-corrected chi connectivity index (χ2v) is 12.6. The van der Waals surface area contributed by atoms with E-state index < -0.39 is 53.2 Å². The smallest absolute Gasteiger partial charge is 0.340 e. The molecule has 2 aliphatic rings. The summed E-state index contributed by atoms with van der Waals surface area (Å²) < 4.78 is 41.9. The van der Waals surface area contributed by atoms with Crippen molar-refractivity contribution in [1.82, 2.24) is 19.7 Å². The molecule has 3 heterocycles. The molecular weight excluding hydrogens is 489 g/mol. The van der Waals surface area contributed by atoms with Gasteiger partial charge in [0, 0.05) is 6.04 Å². The molecule has 5 N–H and O–H groups in total. The lowest BCUT2D eigenvalue weighted by Gasteiger charge is -2.17. The number of aliphatic hydroxyl groups is 2. The van der Waals surface area contributed by atoms with Crippen molar-refractivity contribution < 1.29 is 37.7 Å². The van der Waals surface area contributed by atoms with Crippen LogP contribution < -0.4 is 5.32 Å². The summed E-state index contributed by atoms with van der Waals surface area (Å²) in [6, 6.07) is 0.228. The van der Waals surface area contributed by atoms with Crippen LogP contribution in [0.3, 0.4) is 0 Å². The van der Waals surface area contributed by atoms with Gasteiger partial charge in [0.05, 0.1) is 17.3 Å². The summed E-state index contributed by atoms with van der Waals surface area (Å²) in [5.74, 6) is -0.428. The zero-order valence-electron chi connectivity index (χ0n) is 16.7. The molecule has 13 nitrogen and oxygen atoms in total. The number of halogens is 1. The Morgan fingerprint density at radius 1 is 1.22 bits per heavy atom. The molecule has 1 aliphatic heterocycles. The molecule has 0 radical (unpaired) electrons. The molecule has 16 heteroatoms. The first-order valence-electron chi connectivity index (χ1n) is 9.87. The highest BCUT2D eigenvalue weighted by Gasteiger charge is 2.47. The molecule has 1 saturated heterocycles. The average molecular weight is 512 g/mol. The molecule has 32 heavy (non-hydrogen) atoms. The molecule has 4 atom stereocenters. The number of aliphatic hydroxyl groups excluding tert-OH is 2. The van der Waals surface area contributed by atoms with Crippen molar-refractivity contribution in [2.45, 2.75) is 56.3 Å². The maximum absolute atomic E-state index is 12.1. The summed E-state index contributed by atoms with van der Waals surface area (Å²) in [5.41, 5.74) is -1.18. The fourth-order valence-corrected chi connectivity index (χ4v) is 7.50. The van der Waals surface area contributed by atoms with E-state index in [4.69, 9.17) is 26.1 Å². The Bertz CT molecular complexity index is 1150. The number of rotatable bonds is 7. The highest BCUT2D eigenvalue weighted by atomic mass is 35.5. The lowest BCUT2D eigenvalue weighted by Crippen LogP contribution is -2.36. The first-order valence-corrected chi connectivity index (χ1v) is 13.9. The third kappa shape index (κ3) is 5.07. The van der Waals surface area contributed by atoms with E-state index in [9.17, 15) is 23.2 Å². The molecular formula is C16H23ClN5O8PS. The van der Waals surface area contributed by atoms with E-state index >= 15 is 0 Å². The SMILES string of the molecule is O=P(O)(O)CS(=O)(=O)CC1O[C@@H](n2ncc3c(NC4CCCC4)nc(Cl)nc32)[C@H](O)[C@@H]1O. The number of aromatic nitrogens is 4. The quantitative estimate of drug-likeness (QED) is 0.247. The standard InChI is InChI=1S/C16H23ClN5O8PS/c17-16-20-13(19-8-3-1-2-4-8)9-5-18-22(14(9)21-16)15-12(24)11(23)10(30-15)6-32(28,29)7-31(25,26)27/h5,8,10-12,15,23-24H,1-4,6-7H2,(H,19,20,21)(H2,25,26,27)/t10?,11-,12-,15-/m1/s1. The van der Waals surface area contributed by atoms with E-state index in [0.717, 1.165) is 25.7 Å². The zero-order chi connectivity index (χ0) is 23.3. The van der Waals surface area contributed by atoms with Crippen LogP contribution >= 0.6 is 19.2 Å². The Hall–Kier alpha value is -1.38. The summed E-state index contributed by atoms with van der Waals surface area (Å²) in [4.78, 5) is 26.3. The van der Waals surface area contributed by atoms with Crippen molar-refractivity contribution in [3.05, 3.63) is 11.5 Å². The molecule has 1 aliphatic carbocycles. The molecule has 0 spiro atoms. The molecule has 1 unspecified atom stereocenters. The number of nitrogens with zero attached hydrogens (tertiary/aromatic N) is 4. The maximum Gasteiger partial charge on any atom is 0.340 e. The number of anilines is 1. The number of nitrogens with one attached hydrogen (secondary N) is 1. The van der Waals surface area contributed by atoms with Gasteiger partial charge < -0.3 is 30.1 Å². The fraction of sp³-hybridized carbons (Fsp3) is 0.688. The maximum atomic E-state index is 12.1.